The Morgan fingerprint density at radius 1 is 0.326 bits per heavy atom. The summed E-state index contributed by atoms with van der Waals surface area (Å²) in [6.45, 7) is 1.95. The zero-order valence-corrected chi connectivity index (χ0v) is 23.6. The maximum Gasteiger partial charge on any atom is 0.126 e. The van der Waals surface area contributed by atoms with Gasteiger partial charge < -0.3 is 0 Å². The summed E-state index contributed by atoms with van der Waals surface area (Å²) in [5.41, 5.74) is 12.6. The molecule has 0 radical (unpaired) electrons. The van der Waals surface area contributed by atoms with Gasteiger partial charge in [-0.2, -0.15) is 0 Å². The van der Waals surface area contributed by atoms with E-state index in [1.807, 2.05) is 86.6 Å². The first-order valence-electron chi connectivity index (χ1n) is 14.1. The minimum atomic E-state index is 0.711. The van der Waals surface area contributed by atoms with Crippen molar-refractivity contribution in [2.45, 2.75) is 6.92 Å². The maximum atomic E-state index is 4.92. The number of benzene rings is 3. The molecule has 43 heavy (non-hydrogen) atoms. The van der Waals surface area contributed by atoms with Gasteiger partial charge in [0, 0.05) is 48.3 Å². The molecule has 0 unspecified atom stereocenters. The van der Waals surface area contributed by atoms with Crippen LogP contribution in [0.1, 0.15) is 5.82 Å². The molecule has 7 rings (SSSR count). The number of aryl methyl sites for hydroxylation is 1. The van der Waals surface area contributed by atoms with Gasteiger partial charge in [-0.1, -0.05) is 30.3 Å². The van der Waals surface area contributed by atoms with E-state index in [1.54, 1.807) is 0 Å². The van der Waals surface area contributed by atoms with Crippen molar-refractivity contribution in [3.63, 3.8) is 0 Å². The van der Waals surface area contributed by atoms with Gasteiger partial charge in [0.15, 0.2) is 0 Å². The van der Waals surface area contributed by atoms with Gasteiger partial charge in [0.25, 0.3) is 0 Å². The van der Waals surface area contributed by atoms with Crippen LogP contribution in [0.2, 0.25) is 0 Å². The normalized spacial score (nSPS) is 10.9. The van der Waals surface area contributed by atoms with Gasteiger partial charge in [-0.3, -0.25) is 15.0 Å². The highest BCUT2D eigenvalue weighted by Crippen LogP contribution is 2.35. The second kappa shape index (κ2) is 11.6. The molecule has 0 fully saturated rings. The summed E-state index contributed by atoms with van der Waals surface area (Å²) in [6, 6.07) is 37.9. The molecule has 0 amide bonds. The molecule has 4 heterocycles. The van der Waals surface area contributed by atoms with Gasteiger partial charge in [-0.25, -0.2) is 9.97 Å². The molecule has 3 aromatic carbocycles. The quantitative estimate of drug-likeness (QED) is 0.206. The topological polar surface area (TPSA) is 64.5 Å². The molecule has 0 N–H and O–H groups in total. The van der Waals surface area contributed by atoms with E-state index in [2.05, 4.69) is 81.7 Å². The molecule has 0 saturated heterocycles. The highest BCUT2D eigenvalue weighted by Gasteiger charge is 2.13. The average molecular weight is 554 g/mol. The molecule has 5 heteroatoms. The van der Waals surface area contributed by atoms with Crippen LogP contribution in [0.3, 0.4) is 0 Å². The van der Waals surface area contributed by atoms with Gasteiger partial charge in [-0.15, -0.1) is 0 Å². The highest BCUT2D eigenvalue weighted by molar-refractivity contribution is 5.83. The van der Waals surface area contributed by atoms with Crippen LogP contribution in [0.4, 0.5) is 0 Å². The molecule has 5 nitrogen and oxygen atoms in total. The fourth-order valence-electron chi connectivity index (χ4n) is 5.34. The van der Waals surface area contributed by atoms with Crippen molar-refractivity contribution >= 4 is 0 Å². The Morgan fingerprint density at radius 3 is 1.02 bits per heavy atom. The zero-order chi connectivity index (χ0) is 29.0. The minimum Gasteiger partial charge on any atom is -0.265 e. The summed E-state index contributed by atoms with van der Waals surface area (Å²) in [5, 5.41) is 0. The Labute approximate surface area is 250 Å². The van der Waals surface area contributed by atoms with E-state index in [-0.39, 0.29) is 0 Å². The first kappa shape index (κ1) is 26.1. The van der Waals surface area contributed by atoms with E-state index in [9.17, 15) is 0 Å². The number of nitrogens with zero attached hydrogens (tertiary/aromatic N) is 5. The van der Waals surface area contributed by atoms with Crippen molar-refractivity contribution < 1.29 is 0 Å². The third-order valence-corrected chi connectivity index (χ3v) is 7.44. The Bertz CT molecular complexity index is 1750. The molecule has 7 aromatic rings. The smallest absolute Gasteiger partial charge is 0.126 e. The first-order chi connectivity index (χ1) is 21.2. The predicted octanol–water partition coefficient (Wildman–Crippen LogP) is 8.97. The van der Waals surface area contributed by atoms with Crippen LogP contribution in [0.25, 0.3) is 67.0 Å². The lowest BCUT2D eigenvalue weighted by Gasteiger charge is -2.14. The molecule has 0 spiro atoms. The minimum absolute atomic E-state index is 0.711. The Hall–Kier alpha value is -5.81. The molecule has 0 atom stereocenters. The number of hydrogen-bond donors (Lipinski definition) is 0. The lowest BCUT2D eigenvalue weighted by molar-refractivity contribution is 1.06. The number of rotatable bonds is 6. The maximum absolute atomic E-state index is 4.92. The third kappa shape index (κ3) is 5.69. The van der Waals surface area contributed by atoms with Crippen LogP contribution >= 0.6 is 0 Å². The Kier molecular flexibility index (Phi) is 7.04. The van der Waals surface area contributed by atoms with Crippen LogP contribution in [-0.2, 0) is 0 Å². The monoisotopic (exact) mass is 553 g/mol. The first-order valence-corrected chi connectivity index (χ1v) is 14.1. The van der Waals surface area contributed by atoms with Crippen LogP contribution < -0.4 is 0 Å². The van der Waals surface area contributed by atoms with Gasteiger partial charge >= 0.3 is 0 Å². The highest BCUT2D eigenvalue weighted by atomic mass is 14.9. The summed E-state index contributed by atoms with van der Waals surface area (Å²) in [5.74, 6) is 0.711. The lowest BCUT2D eigenvalue weighted by Crippen LogP contribution is -1.96. The van der Waals surface area contributed by atoms with Crippen molar-refractivity contribution in [2.75, 3.05) is 0 Å². The second-order valence-electron chi connectivity index (χ2n) is 10.4. The molecule has 204 valence electrons. The van der Waals surface area contributed by atoms with E-state index >= 15 is 0 Å². The fraction of sp³-hybridized carbons (Fsp3) is 0.0263. The standard InChI is InChI=1S/C38H27N5/c1-26-42-37(35-21-31(27-5-3-2-4-6-27)19-32(22-35)28-7-13-39-14-8-28)25-38(43-26)36-23-33(29-9-15-40-16-10-29)20-34(24-36)30-11-17-41-18-12-30/h2-25H,1H3. The summed E-state index contributed by atoms with van der Waals surface area (Å²) >= 11 is 0. The van der Waals surface area contributed by atoms with Gasteiger partial charge in [0.05, 0.1) is 11.4 Å². The summed E-state index contributed by atoms with van der Waals surface area (Å²) in [4.78, 5) is 22.5. The van der Waals surface area contributed by atoms with Gasteiger partial charge in [0.1, 0.15) is 5.82 Å². The van der Waals surface area contributed by atoms with E-state index in [1.165, 1.54) is 0 Å². The van der Waals surface area contributed by atoms with E-state index in [0.717, 1.165) is 67.0 Å². The lowest BCUT2D eigenvalue weighted by atomic mass is 9.94. The molecule has 0 aliphatic rings. The number of hydrogen-bond acceptors (Lipinski definition) is 5. The van der Waals surface area contributed by atoms with Crippen molar-refractivity contribution in [2.24, 2.45) is 0 Å². The third-order valence-electron chi connectivity index (χ3n) is 7.44. The average Bonchev–Trinajstić information content (AvgIpc) is 3.09. The van der Waals surface area contributed by atoms with Crippen LogP contribution in [-0.4, -0.2) is 24.9 Å². The number of aromatic nitrogens is 5. The molecule has 0 bridgehead atoms. The van der Waals surface area contributed by atoms with Gasteiger partial charge in [-0.05, 0) is 130 Å². The molecular formula is C38H27N5. The van der Waals surface area contributed by atoms with Gasteiger partial charge in [0.2, 0.25) is 0 Å². The largest absolute Gasteiger partial charge is 0.265 e. The van der Waals surface area contributed by atoms with Crippen molar-refractivity contribution in [3.05, 3.63) is 152 Å². The van der Waals surface area contributed by atoms with Crippen molar-refractivity contribution in [1.82, 2.24) is 24.9 Å². The zero-order valence-electron chi connectivity index (χ0n) is 23.6. The molecule has 0 aliphatic carbocycles. The van der Waals surface area contributed by atoms with Crippen molar-refractivity contribution in [3.8, 4) is 67.0 Å². The van der Waals surface area contributed by atoms with Crippen LogP contribution in [0.5, 0.6) is 0 Å². The summed E-state index contributed by atoms with van der Waals surface area (Å²) in [6.07, 6.45) is 10.9. The van der Waals surface area contributed by atoms with E-state index < -0.39 is 0 Å². The second-order valence-corrected chi connectivity index (χ2v) is 10.4. The Balaban J connectivity index is 1.40. The van der Waals surface area contributed by atoms with Crippen LogP contribution in [0, 0.1) is 6.92 Å². The molecule has 4 aromatic heterocycles. The van der Waals surface area contributed by atoms with E-state index in [0.29, 0.717) is 5.82 Å². The molecule has 0 saturated carbocycles. The fourth-order valence-corrected chi connectivity index (χ4v) is 5.34. The Morgan fingerprint density at radius 2 is 0.651 bits per heavy atom. The summed E-state index contributed by atoms with van der Waals surface area (Å²) < 4.78 is 0. The summed E-state index contributed by atoms with van der Waals surface area (Å²) in [7, 11) is 0. The van der Waals surface area contributed by atoms with Crippen molar-refractivity contribution in [1.29, 1.82) is 0 Å². The SMILES string of the molecule is Cc1nc(-c2cc(-c3ccccc3)cc(-c3ccncc3)c2)cc(-c2cc(-c3ccncc3)cc(-c3ccncc3)c2)n1. The van der Waals surface area contributed by atoms with E-state index in [4.69, 9.17) is 9.97 Å². The molecular weight excluding hydrogens is 526 g/mol. The number of pyridine rings is 3. The van der Waals surface area contributed by atoms with Crippen LogP contribution in [0.15, 0.2) is 146 Å². The molecule has 0 aliphatic heterocycles. The predicted molar refractivity (Wildman–Crippen MR) is 173 cm³/mol.